The number of pyridine rings is 1. The van der Waals surface area contributed by atoms with Gasteiger partial charge in [0.1, 0.15) is 11.3 Å². The van der Waals surface area contributed by atoms with Gasteiger partial charge in [-0.25, -0.2) is 4.79 Å². The smallest absolute Gasteiger partial charge is 0.347 e. The summed E-state index contributed by atoms with van der Waals surface area (Å²) in [6, 6.07) is 8.98. The molecule has 0 bridgehead atoms. The first-order valence-electron chi connectivity index (χ1n) is 9.52. The van der Waals surface area contributed by atoms with Gasteiger partial charge in [-0.3, -0.25) is 15.2 Å². The van der Waals surface area contributed by atoms with Gasteiger partial charge in [0.15, 0.2) is 33.9 Å². The lowest BCUT2D eigenvalue weighted by Crippen LogP contribution is -2.24. The lowest BCUT2D eigenvalue weighted by Gasteiger charge is -2.13. The Balaban J connectivity index is 2.02. The number of hydrazone groups is 1. The van der Waals surface area contributed by atoms with Crippen LogP contribution in [0.4, 0.5) is 0 Å². The summed E-state index contributed by atoms with van der Waals surface area (Å²) in [5.41, 5.74) is 7.38. The van der Waals surface area contributed by atoms with Gasteiger partial charge in [-0.2, -0.15) is 5.10 Å². The Labute approximate surface area is 197 Å². The number of hydrogen-bond acceptors (Lipinski definition) is 10. The summed E-state index contributed by atoms with van der Waals surface area (Å²) in [7, 11) is 0. The van der Waals surface area contributed by atoms with E-state index in [1.54, 1.807) is 0 Å². The van der Waals surface area contributed by atoms with Crippen molar-refractivity contribution in [2.24, 2.45) is 10.8 Å². The van der Waals surface area contributed by atoms with Crippen LogP contribution in [0.5, 0.6) is 28.7 Å². The summed E-state index contributed by atoms with van der Waals surface area (Å²) in [4.78, 5) is 29.7. The fourth-order valence-corrected chi connectivity index (χ4v) is 2.95. The molecule has 0 saturated carbocycles. The maximum absolute atomic E-state index is 12.9. The Bertz CT molecular complexity index is 1310. The maximum Gasteiger partial charge on any atom is 0.347 e. The van der Waals surface area contributed by atoms with E-state index in [4.69, 9.17) is 10.5 Å². The number of carbonyl (C=O) groups is 2. The standard InChI is InChI=1S/C22H18N4O7S/c23-22(34)26-25-10-14-13(9-17(29)11-3-1-5-15(27)19(11)30)18(7-8-24-14)33-21(32)12-4-2-6-16(28)20(12)31/h1-8,10,27-28,30-31H,9H2,(H3,23,26,34)/b25-10+. The zero-order valence-corrected chi connectivity index (χ0v) is 18.1. The monoisotopic (exact) mass is 482 g/mol. The molecule has 0 aliphatic rings. The zero-order chi connectivity index (χ0) is 24.8. The van der Waals surface area contributed by atoms with Crippen LogP contribution in [0.15, 0.2) is 53.8 Å². The SMILES string of the molecule is NC(=S)N/N=C/c1nccc(OC(=O)c2cccc(O)c2O)c1CC(=O)c1cccc(O)c1O. The van der Waals surface area contributed by atoms with Crippen LogP contribution in [0.1, 0.15) is 32.0 Å². The zero-order valence-electron chi connectivity index (χ0n) is 17.3. The number of para-hydroxylation sites is 2. The van der Waals surface area contributed by atoms with E-state index in [1.807, 2.05) is 0 Å². The van der Waals surface area contributed by atoms with Crippen LogP contribution in [0.2, 0.25) is 0 Å². The number of phenolic OH excluding ortho intramolecular Hbond substituents is 4. The molecule has 0 atom stereocenters. The lowest BCUT2D eigenvalue weighted by molar-refractivity contribution is 0.0727. The minimum Gasteiger partial charge on any atom is -0.504 e. The number of aromatic nitrogens is 1. The van der Waals surface area contributed by atoms with Crippen LogP contribution in [0.25, 0.3) is 0 Å². The second-order valence-electron chi connectivity index (χ2n) is 6.74. The molecule has 0 saturated heterocycles. The quantitative estimate of drug-likeness (QED) is 0.0718. The number of nitrogens with zero attached hydrogens (tertiary/aromatic N) is 2. The third-order valence-electron chi connectivity index (χ3n) is 4.50. The molecule has 12 heteroatoms. The normalized spacial score (nSPS) is 10.7. The first-order valence-corrected chi connectivity index (χ1v) is 9.93. The Hall–Kier alpha value is -4.71. The molecule has 0 aliphatic heterocycles. The first kappa shape index (κ1) is 23.9. The molecule has 0 fully saturated rings. The van der Waals surface area contributed by atoms with Crippen molar-refractivity contribution in [1.82, 2.24) is 10.4 Å². The molecule has 0 spiro atoms. The van der Waals surface area contributed by atoms with Gasteiger partial charge in [-0.15, -0.1) is 0 Å². The van der Waals surface area contributed by atoms with Crippen LogP contribution in [0, 0.1) is 0 Å². The maximum atomic E-state index is 12.9. The van der Waals surface area contributed by atoms with Crippen LogP contribution in [-0.2, 0) is 6.42 Å². The summed E-state index contributed by atoms with van der Waals surface area (Å²) in [6.07, 6.45) is 2.05. The Morgan fingerprint density at radius 2 is 1.65 bits per heavy atom. The van der Waals surface area contributed by atoms with Crippen molar-refractivity contribution in [3.63, 3.8) is 0 Å². The molecular weight excluding hydrogens is 464 g/mol. The summed E-state index contributed by atoms with van der Waals surface area (Å²) in [5, 5.41) is 43.0. The van der Waals surface area contributed by atoms with E-state index in [2.05, 4.69) is 27.7 Å². The third-order valence-corrected chi connectivity index (χ3v) is 4.59. The van der Waals surface area contributed by atoms with Crippen LogP contribution in [-0.4, -0.2) is 48.5 Å². The van der Waals surface area contributed by atoms with Gasteiger partial charge in [0.05, 0.1) is 17.5 Å². The van der Waals surface area contributed by atoms with E-state index in [1.165, 1.54) is 54.9 Å². The Morgan fingerprint density at radius 3 is 2.29 bits per heavy atom. The van der Waals surface area contributed by atoms with Crippen molar-refractivity contribution in [3.8, 4) is 28.7 Å². The number of phenols is 4. The van der Waals surface area contributed by atoms with Crippen molar-refractivity contribution < 1.29 is 34.8 Å². The molecule has 2 aromatic carbocycles. The number of thiocarbonyl (C=S) groups is 1. The second-order valence-corrected chi connectivity index (χ2v) is 7.18. The fourth-order valence-electron chi connectivity index (χ4n) is 2.89. The topological polar surface area (TPSA) is 188 Å². The highest BCUT2D eigenvalue weighted by atomic mass is 32.1. The summed E-state index contributed by atoms with van der Waals surface area (Å²) in [6.45, 7) is 0. The van der Waals surface area contributed by atoms with E-state index in [9.17, 15) is 30.0 Å². The van der Waals surface area contributed by atoms with Crippen LogP contribution < -0.4 is 15.9 Å². The molecule has 0 radical (unpaired) electrons. The largest absolute Gasteiger partial charge is 0.504 e. The van der Waals surface area contributed by atoms with E-state index in [-0.39, 0.29) is 33.2 Å². The van der Waals surface area contributed by atoms with Gasteiger partial charge >= 0.3 is 5.97 Å². The number of ketones is 1. The molecule has 174 valence electrons. The highest BCUT2D eigenvalue weighted by Gasteiger charge is 2.22. The summed E-state index contributed by atoms with van der Waals surface area (Å²) < 4.78 is 5.38. The minimum absolute atomic E-state index is 0.0942. The molecule has 0 amide bonds. The number of Topliss-reactive ketones (excluding diaryl/α,β-unsaturated/α-hetero) is 1. The van der Waals surface area contributed by atoms with Crippen LogP contribution in [0.3, 0.4) is 0 Å². The molecule has 34 heavy (non-hydrogen) atoms. The Kier molecular flexibility index (Phi) is 7.23. The molecule has 3 aromatic rings. The van der Waals surface area contributed by atoms with Crippen molar-refractivity contribution in [2.75, 3.05) is 0 Å². The number of hydrogen-bond donors (Lipinski definition) is 6. The van der Waals surface area contributed by atoms with Crippen molar-refractivity contribution in [1.29, 1.82) is 0 Å². The van der Waals surface area contributed by atoms with Gasteiger partial charge < -0.3 is 30.9 Å². The number of benzene rings is 2. The highest BCUT2D eigenvalue weighted by Crippen LogP contribution is 2.32. The van der Waals surface area contributed by atoms with Gasteiger partial charge in [-0.05, 0) is 42.5 Å². The number of nitrogens with one attached hydrogen (secondary N) is 1. The second kappa shape index (κ2) is 10.3. The van der Waals surface area contributed by atoms with Gasteiger partial charge in [0.25, 0.3) is 0 Å². The average molecular weight is 482 g/mol. The number of nitrogens with two attached hydrogens (primary N) is 1. The van der Waals surface area contributed by atoms with Gasteiger partial charge in [-0.1, -0.05) is 12.1 Å². The molecule has 3 rings (SSSR count). The summed E-state index contributed by atoms with van der Waals surface area (Å²) in [5.74, 6) is -4.03. The molecular formula is C22H18N4O7S. The molecule has 11 nitrogen and oxygen atoms in total. The van der Waals surface area contributed by atoms with Crippen molar-refractivity contribution in [3.05, 3.63) is 71.0 Å². The fraction of sp³-hybridized carbons (Fsp3) is 0.0455. The molecule has 7 N–H and O–H groups in total. The summed E-state index contributed by atoms with van der Waals surface area (Å²) >= 11 is 4.68. The number of rotatable bonds is 7. The number of ether oxygens (including phenoxy) is 1. The number of aromatic hydroxyl groups is 4. The molecule has 0 unspecified atom stereocenters. The molecule has 0 aliphatic carbocycles. The third kappa shape index (κ3) is 5.37. The van der Waals surface area contributed by atoms with Crippen LogP contribution >= 0.6 is 12.2 Å². The Morgan fingerprint density at radius 1 is 1.03 bits per heavy atom. The van der Waals surface area contributed by atoms with Crippen molar-refractivity contribution >= 4 is 35.3 Å². The number of esters is 1. The van der Waals surface area contributed by atoms with E-state index in [0.717, 1.165) is 0 Å². The molecule has 1 heterocycles. The van der Waals surface area contributed by atoms with E-state index in [0.29, 0.717) is 0 Å². The van der Waals surface area contributed by atoms with Gasteiger partial charge in [0, 0.05) is 18.2 Å². The first-order chi connectivity index (χ1) is 16.2. The predicted octanol–water partition coefficient (Wildman–Crippen LogP) is 1.72. The van der Waals surface area contributed by atoms with E-state index < -0.39 is 41.2 Å². The molecule has 1 aromatic heterocycles. The minimum atomic E-state index is -1.02. The van der Waals surface area contributed by atoms with E-state index >= 15 is 0 Å². The predicted molar refractivity (Wildman–Crippen MR) is 124 cm³/mol. The average Bonchev–Trinajstić information content (AvgIpc) is 2.79. The van der Waals surface area contributed by atoms with Gasteiger partial charge in [0.2, 0.25) is 0 Å². The highest BCUT2D eigenvalue weighted by molar-refractivity contribution is 7.80. The number of carbonyl (C=O) groups excluding carboxylic acids is 2. The van der Waals surface area contributed by atoms with Crippen molar-refractivity contribution in [2.45, 2.75) is 6.42 Å². The lowest BCUT2D eigenvalue weighted by atomic mass is 10.00.